The van der Waals surface area contributed by atoms with Gasteiger partial charge in [0.1, 0.15) is 5.75 Å². The number of halogens is 1. The topological polar surface area (TPSA) is 70.6 Å². The minimum Gasteiger partial charge on any atom is -0.492 e. The number of hydrazine groups is 1. The quantitative estimate of drug-likeness (QED) is 0.717. The van der Waals surface area contributed by atoms with Crippen molar-refractivity contribution in [2.24, 2.45) is 11.8 Å². The third-order valence-corrected chi connectivity index (χ3v) is 4.54. The summed E-state index contributed by atoms with van der Waals surface area (Å²) < 4.78 is 6.61. The maximum absolute atomic E-state index is 11.4. The van der Waals surface area contributed by atoms with Crippen molar-refractivity contribution in [1.29, 1.82) is 0 Å². The molecule has 3 atom stereocenters. The molecular formula is C16H23BrN2O3. The molecule has 0 saturated carbocycles. The minimum atomic E-state index is -0.802. The van der Waals surface area contributed by atoms with E-state index in [9.17, 15) is 9.90 Å². The summed E-state index contributed by atoms with van der Waals surface area (Å²) in [6.07, 6.45) is 1.00. The lowest BCUT2D eigenvalue weighted by Crippen LogP contribution is -2.30. The first-order valence-corrected chi connectivity index (χ1v) is 8.35. The Morgan fingerprint density at radius 2 is 2.14 bits per heavy atom. The Morgan fingerprint density at radius 3 is 2.73 bits per heavy atom. The summed E-state index contributed by atoms with van der Waals surface area (Å²) in [6.45, 7) is 6.86. The predicted molar refractivity (Wildman–Crippen MR) is 88.7 cm³/mol. The van der Waals surface area contributed by atoms with Crippen molar-refractivity contribution in [3.05, 3.63) is 28.2 Å². The molecule has 1 aromatic rings. The van der Waals surface area contributed by atoms with Gasteiger partial charge in [0.15, 0.2) is 0 Å². The molecule has 1 saturated heterocycles. The normalized spacial score (nSPS) is 24.7. The van der Waals surface area contributed by atoms with Crippen molar-refractivity contribution in [3.63, 3.8) is 0 Å². The minimum absolute atomic E-state index is 0.122. The van der Waals surface area contributed by atoms with E-state index in [1.54, 1.807) is 0 Å². The lowest BCUT2D eigenvalue weighted by Gasteiger charge is -2.18. The molecule has 0 bridgehead atoms. The number of carboxylic acid groups (broad SMARTS) is 1. The van der Waals surface area contributed by atoms with E-state index in [-0.39, 0.29) is 12.1 Å². The van der Waals surface area contributed by atoms with E-state index in [1.807, 2.05) is 25.1 Å². The van der Waals surface area contributed by atoms with Crippen molar-refractivity contribution < 1.29 is 14.6 Å². The van der Waals surface area contributed by atoms with Crippen LogP contribution in [-0.2, 0) is 4.79 Å². The summed E-state index contributed by atoms with van der Waals surface area (Å²) in [7, 11) is 0. The average Bonchev–Trinajstić information content (AvgIpc) is 2.82. The fourth-order valence-corrected chi connectivity index (χ4v) is 3.08. The van der Waals surface area contributed by atoms with Crippen LogP contribution in [0.1, 0.15) is 38.8 Å². The second-order valence-electron chi connectivity index (χ2n) is 6.14. The van der Waals surface area contributed by atoms with Crippen molar-refractivity contribution in [2.45, 2.75) is 39.3 Å². The number of aliphatic carboxylic acids is 1. The number of carbonyl (C=O) groups is 1. The van der Waals surface area contributed by atoms with Gasteiger partial charge < -0.3 is 9.84 Å². The fourth-order valence-electron chi connectivity index (χ4n) is 2.57. The predicted octanol–water partition coefficient (Wildman–Crippen LogP) is 3.11. The third-order valence-electron chi connectivity index (χ3n) is 3.92. The van der Waals surface area contributed by atoms with Crippen LogP contribution in [0.3, 0.4) is 0 Å². The Kier molecular flexibility index (Phi) is 5.83. The van der Waals surface area contributed by atoms with Crippen LogP contribution in [0.4, 0.5) is 0 Å². The molecule has 2 rings (SSSR count). The first-order chi connectivity index (χ1) is 10.4. The first-order valence-electron chi connectivity index (χ1n) is 7.56. The lowest BCUT2D eigenvalue weighted by molar-refractivity contribution is -0.142. The fraction of sp³-hybridized carbons (Fsp3) is 0.562. The van der Waals surface area contributed by atoms with Gasteiger partial charge in [0.2, 0.25) is 0 Å². The molecule has 1 heterocycles. The van der Waals surface area contributed by atoms with Crippen LogP contribution in [0.5, 0.6) is 5.75 Å². The highest BCUT2D eigenvalue weighted by Gasteiger charge is 2.39. The van der Waals surface area contributed by atoms with Crippen LogP contribution >= 0.6 is 15.9 Å². The summed E-state index contributed by atoms with van der Waals surface area (Å²) in [5.74, 6) is 0.0860. The van der Waals surface area contributed by atoms with Crippen molar-refractivity contribution >= 4 is 21.9 Å². The van der Waals surface area contributed by atoms with Gasteiger partial charge >= 0.3 is 5.97 Å². The Morgan fingerprint density at radius 1 is 1.41 bits per heavy atom. The van der Waals surface area contributed by atoms with Gasteiger partial charge in [-0.3, -0.25) is 10.2 Å². The number of carboxylic acids is 1. The van der Waals surface area contributed by atoms with E-state index in [0.717, 1.165) is 22.2 Å². The highest BCUT2D eigenvalue weighted by Crippen LogP contribution is 2.34. The number of benzene rings is 1. The molecular weight excluding hydrogens is 348 g/mol. The molecule has 3 N–H and O–H groups in total. The maximum atomic E-state index is 11.4. The van der Waals surface area contributed by atoms with Crippen molar-refractivity contribution in [2.75, 3.05) is 6.61 Å². The molecule has 5 nitrogen and oxygen atoms in total. The smallest absolute Gasteiger partial charge is 0.310 e. The highest BCUT2D eigenvalue weighted by atomic mass is 79.9. The SMILES string of the molecule is CC(C)CCOc1ccc(C2NNC(C)C2C(=O)O)cc1Br. The molecule has 0 amide bonds. The summed E-state index contributed by atoms with van der Waals surface area (Å²) >= 11 is 3.51. The van der Waals surface area contributed by atoms with Crippen LogP contribution in [0, 0.1) is 11.8 Å². The zero-order valence-corrected chi connectivity index (χ0v) is 14.7. The number of nitrogens with one attached hydrogen (secondary N) is 2. The van der Waals surface area contributed by atoms with Gasteiger partial charge in [0.05, 0.1) is 23.0 Å². The van der Waals surface area contributed by atoms with E-state index in [2.05, 4.69) is 40.6 Å². The largest absolute Gasteiger partial charge is 0.492 e. The Labute approximate surface area is 139 Å². The van der Waals surface area contributed by atoms with E-state index >= 15 is 0 Å². The molecule has 1 aromatic carbocycles. The van der Waals surface area contributed by atoms with Crippen LogP contribution < -0.4 is 15.6 Å². The van der Waals surface area contributed by atoms with Crippen molar-refractivity contribution in [3.8, 4) is 5.75 Å². The summed E-state index contributed by atoms with van der Waals surface area (Å²) in [5.41, 5.74) is 6.99. The maximum Gasteiger partial charge on any atom is 0.310 e. The van der Waals surface area contributed by atoms with Crippen LogP contribution in [-0.4, -0.2) is 23.7 Å². The zero-order chi connectivity index (χ0) is 16.3. The van der Waals surface area contributed by atoms with Gasteiger partial charge in [-0.25, -0.2) is 5.43 Å². The van der Waals surface area contributed by atoms with E-state index in [4.69, 9.17) is 4.74 Å². The van der Waals surface area contributed by atoms with Crippen LogP contribution in [0.2, 0.25) is 0 Å². The molecule has 3 unspecified atom stereocenters. The summed E-state index contributed by atoms with van der Waals surface area (Å²) in [4.78, 5) is 11.4. The Balaban J connectivity index is 2.10. The molecule has 0 spiro atoms. The molecule has 0 aliphatic carbocycles. The molecule has 122 valence electrons. The molecule has 0 radical (unpaired) electrons. The molecule has 1 fully saturated rings. The second-order valence-corrected chi connectivity index (χ2v) is 6.99. The van der Waals surface area contributed by atoms with E-state index in [1.165, 1.54) is 0 Å². The monoisotopic (exact) mass is 370 g/mol. The second kappa shape index (κ2) is 7.44. The Bertz CT molecular complexity index is 536. The molecule has 1 aliphatic heterocycles. The highest BCUT2D eigenvalue weighted by molar-refractivity contribution is 9.10. The van der Waals surface area contributed by atoms with Gasteiger partial charge in [0.25, 0.3) is 0 Å². The van der Waals surface area contributed by atoms with Gasteiger partial charge in [-0.2, -0.15) is 0 Å². The zero-order valence-electron chi connectivity index (χ0n) is 13.1. The van der Waals surface area contributed by atoms with Crippen LogP contribution in [0.15, 0.2) is 22.7 Å². The van der Waals surface area contributed by atoms with E-state index < -0.39 is 11.9 Å². The number of hydrogen-bond acceptors (Lipinski definition) is 4. The first kappa shape index (κ1) is 17.2. The average molecular weight is 371 g/mol. The van der Waals surface area contributed by atoms with Gasteiger partial charge in [-0.15, -0.1) is 0 Å². The van der Waals surface area contributed by atoms with E-state index in [0.29, 0.717) is 12.5 Å². The Hall–Kier alpha value is -1.11. The van der Waals surface area contributed by atoms with Crippen LogP contribution in [0.25, 0.3) is 0 Å². The van der Waals surface area contributed by atoms with Crippen molar-refractivity contribution in [1.82, 2.24) is 10.9 Å². The van der Waals surface area contributed by atoms with Gasteiger partial charge in [0, 0.05) is 6.04 Å². The molecule has 1 aliphatic rings. The molecule has 6 heteroatoms. The molecule has 22 heavy (non-hydrogen) atoms. The third kappa shape index (κ3) is 4.00. The number of ether oxygens (including phenoxy) is 1. The number of hydrogen-bond donors (Lipinski definition) is 3. The van der Waals surface area contributed by atoms with Gasteiger partial charge in [-0.05, 0) is 52.9 Å². The lowest BCUT2D eigenvalue weighted by atomic mass is 9.90. The summed E-state index contributed by atoms with van der Waals surface area (Å²) in [6, 6.07) is 5.36. The molecule has 0 aromatic heterocycles. The summed E-state index contributed by atoms with van der Waals surface area (Å²) in [5, 5.41) is 9.39. The standard InChI is InChI=1S/C16H23BrN2O3/c1-9(2)6-7-22-13-5-4-11(8-12(13)17)15-14(16(20)21)10(3)18-19-15/h4-5,8-10,14-15,18-19H,6-7H2,1-3H3,(H,20,21). The van der Waals surface area contributed by atoms with Gasteiger partial charge in [-0.1, -0.05) is 19.9 Å². The number of rotatable bonds is 6.